The summed E-state index contributed by atoms with van der Waals surface area (Å²) in [6.07, 6.45) is 3.03. The van der Waals surface area contributed by atoms with Crippen LogP contribution in [0.3, 0.4) is 0 Å². The lowest BCUT2D eigenvalue weighted by Crippen LogP contribution is -2.14. The highest BCUT2D eigenvalue weighted by atomic mass is 32.2. The zero-order valence-electron chi connectivity index (χ0n) is 7.94. The summed E-state index contributed by atoms with van der Waals surface area (Å²) < 4.78 is 31.1. The Morgan fingerprint density at radius 2 is 2.20 bits per heavy atom. The summed E-state index contributed by atoms with van der Waals surface area (Å²) in [5, 5.41) is 7.53. The van der Waals surface area contributed by atoms with Gasteiger partial charge in [0.25, 0.3) is 10.1 Å². The quantitative estimate of drug-likeness (QED) is 0.702. The fourth-order valence-electron chi connectivity index (χ4n) is 1.22. The summed E-state index contributed by atoms with van der Waals surface area (Å²) in [5.41, 5.74) is 0.237. The van der Waals surface area contributed by atoms with Crippen molar-refractivity contribution in [2.24, 2.45) is 0 Å². The van der Waals surface area contributed by atoms with Crippen molar-refractivity contribution in [2.75, 3.05) is 6.61 Å². The van der Waals surface area contributed by atoms with E-state index < -0.39 is 15.4 Å². The van der Waals surface area contributed by atoms with Gasteiger partial charge in [-0.05, 0) is 18.9 Å². The SMILES string of the molecule is O=S(=O)(O)C(CCCO)c1ccncn1. The molecule has 0 aliphatic heterocycles. The predicted octanol–water partition coefficient (Wildman–Crippen LogP) is 0.178. The summed E-state index contributed by atoms with van der Waals surface area (Å²) in [5.74, 6) is 0. The van der Waals surface area contributed by atoms with Crippen LogP contribution >= 0.6 is 0 Å². The first-order chi connectivity index (χ1) is 7.05. The van der Waals surface area contributed by atoms with Gasteiger partial charge in [-0.2, -0.15) is 8.42 Å². The van der Waals surface area contributed by atoms with Crippen molar-refractivity contribution in [3.8, 4) is 0 Å². The van der Waals surface area contributed by atoms with E-state index in [1.54, 1.807) is 0 Å². The average molecular weight is 232 g/mol. The molecule has 84 valence electrons. The molecule has 1 aromatic heterocycles. The first-order valence-corrected chi connectivity index (χ1v) is 5.89. The molecule has 6 nitrogen and oxygen atoms in total. The van der Waals surface area contributed by atoms with Crippen LogP contribution in [0, 0.1) is 0 Å². The maximum absolute atomic E-state index is 11.1. The van der Waals surface area contributed by atoms with Gasteiger partial charge < -0.3 is 5.11 Å². The van der Waals surface area contributed by atoms with Gasteiger partial charge in [-0.25, -0.2) is 9.97 Å². The molecule has 15 heavy (non-hydrogen) atoms. The molecule has 0 aliphatic carbocycles. The fraction of sp³-hybridized carbons (Fsp3) is 0.500. The molecular weight excluding hydrogens is 220 g/mol. The van der Waals surface area contributed by atoms with Gasteiger partial charge in [-0.3, -0.25) is 4.55 Å². The van der Waals surface area contributed by atoms with E-state index in [1.807, 2.05) is 0 Å². The van der Waals surface area contributed by atoms with Crippen LogP contribution in [-0.2, 0) is 10.1 Å². The molecule has 0 bridgehead atoms. The molecule has 0 saturated carbocycles. The largest absolute Gasteiger partial charge is 0.396 e. The standard InChI is InChI=1S/C8H12N2O4S/c11-5-1-2-8(15(12,13)14)7-3-4-9-6-10-7/h3-4,6,8,11H,1-2,5H2,(H,12,13,14). The highest BCUT2D eigenvalue weighted by Crippen LogP contribution is 2.23. The van der Waals surface area contributed by atoms with Gasteiger partial charge in [0.15, 0.2) is 0 Å². The fourth-order valence-corrected chi connectivity index (χ4v) is 2.13. The number of hydrogen-bond donors (Lipinski definition) is 2. The van der Waals surface area contributed by atoms with Crippen LogP contribution < -0.4 is 0 Å². The third-order valence-corrected chi connectivity index (χ3v) is 3.11. The van der Waals surface area contributed by atoms with Crippen molar-refractivity contribution in [1.82, 2.24) is 9.97 Å². The summed E-state index contributed by atoms with van der Waals surface area (Å²) >= 11 is 0. The van der Waals surface area contributed by atoms with Crippen LogP contribution in [0.15, 0.2) is 18.6 Å². The number of nitrogens with zero attached hydrogens (tertiary/aromatic N) is 2. The van der Waals surface area contributed by atoms with E-state index in [0.717, 1.165) is 0 Å². The lowest BCUT2D eigenvalue weighted by molar-refractivity contribution is 0.282. The zero-order valence-corrected chi connectivity index (χ0v) is 8.76. The van der Waals surface area contributed by atoms with Crippen LogP contribution in [0.5, 0.6) is 0 Å². The van der Waals surface area contributed by atoms with E-state index in [1.165, 1.54) is 18.6 Å². The molecule has 0 aliphatic rings. The Hall–Kier alpha value is -1.05. The number of rotatable bonds is 5. The maximum atomic E-state index is 11.1. The Morgan fingerprint density at radius 1 is 1.47 bits per heavy atom. The van der Waals surface area contributed by atoms with Crippen molar-refractivity contribution in [1.29, 1.82) is 0 Å². The van der Waals surface area contributed by atoms with Gasteiger partial charge in [0.1, 0.15) is 11.6 Å². The second kappa shape index (κ2) is 5.15. The summed E-state index contributed by atoms with van der Waals surface area (Å²) in [6, 6.07) is 1.43. The molecule has 1 atom stereocenters. The van der Waals surface area contributed by atoms with Crippen molar-refractivity contribution in [2.45, 2.75) is 18.1 Å². The Kier molecular flexibility index (Phi) is 4.13. The monoisotopic (exact) mass is 232 g/mol. The highest BCUT2D eigenvalue weighted by Gasteiger charge is 2.25. The molecule has 0 spiro atoms. The van der Waals surface area contributed by atoms with E-state index in [4.69, 9.17) is 9.66 Å². The second-order valence-corrected chi connectivity index (χ2v) is 4.60. The van der Waals surface area contributed by atoms with Crippen molar-refractivity contribution >= 4 is 10.1 Å². The molecule has 0 saturated heterocycles. The van der Waals surface area contributed by atoms with E-state index in [9.17, 15) is 8.42 Å². The van der Waals surface area contributed by atoms with Gasteiger partial charge in [0, 0.05) is 12.8 Å². The van der Waals surface area contributed by atoms with Gasteiger partial charge in [-0.1, -0.05) is 0 Å². The molecule has 0 amide bonds. The van der Waals surface area contributed by atoms with E-state index in [0.29, 0.717) is 0 Å². The lowest BCUT2D eigenvalue weighted by atomic mass is 10.2. The smallest absolute Gasteiger partial charge is 0.273 e. The third kappa shape index (κ3) is 3.54. The molecule has 0 aromatic carbocycles. The highest BCUT2D eigenvalue weighted by molar-refractivity contribution is 7.86. The molecule has 0 radical (unpaired) electrons. The number of aliphatic hydroxyl groups is 1. The minimum Gasteiger partial charge on any atom is -0.396 e. The molecule has 2 N–H and O–H groups in total. The molecule has 0 fully saturated rings. The molecule has 7 heteroatoms. The van der Waals surface area contributed by atoms with E-state index in [2.05, 4.69) is 9.97 Å². The number of hydrogen-bond acceptors (Lipinski definition) is 5. The van der Waals surface area contributed by atoms with Crippen LogP contribution in [0.1, 0.15) is 23.8 Å². The summed E-state index contributed by atoms with van der Waals surface area (Å²) in [4.78, 5) is 7.42. The predicted molar refractivity (Wildman–Crippen MR) is 52.6 cm³/mol. The summed E-state index contributed by atoms with van der Waals surface area (Å²) in [6.45, 7) is -0.128. The van der Waals surface area contributed by atoms with Gasteiger partial charge in [0.2, 0.25) is 0 Å². The zero-order chi connectivity index (χ0) is 11.3. The summed E-state index contributed by atoms with van der Waals surface area (Å²) in [7, 11) is -4.19. The maximum Gasteiger partial charge on any atom is 0.273 e. The Bertz CT molecular complexity index is 392. The average Bonchev–Trinajstić information content (AvgIpc) is 2.18. The molecule has 1 aromatic rings. The van der Waals surface area contributed by atoms with Crippen LogP contribution in [-0.4, -0.2) is 34.7 Å². The van der Waals surface area contributed by atoms with Crippen molar-refractivity contribution < 1.29 is 18.1 Å². The molecule has 1 heterocycles. The molecular formula is C8H12N2O4S. The lowest BCUT2D eigenvalue weighted by Gasteiger charge is -2.11. The van der Waals surface area contributed by atoms with Gasteiger partial charge >= 0.3 is 0 Å². The normalized spacial score (nSPS) is 13.7. The van der Waals surface area contributed by atoms with Crippen LogP contribution in [0.2, 0.25) is 0 Å². The molecule has 1 rings (SSSR count). The Balaban J connectivity index is 2.92. The first kappa shape index (κ1) is 12.0. The van der Waals surface area contributed by atoms with Crippen LogP contribution in [0.25, 0.3) is 0 Å². The van der Waals surface area contributed by atoms with Crippen molar-refractivity contribution in [3.63, 3.8) is 0 Å². The molecule has 1 unspecified atom stereocenters. The van der Waals surface area contributed by atoms with E-state index >= 15 is 0 Å². The first-order valence-electron chi connectivity index (χ1n) is 4.38. The number of aliphatic hydroxyl groups excluding tert-OH is 1. The second-order valence-electron chi connectivity index (χ2n) is 3.00. The Labute approximate surface area is 87.8 Å². The topological polar surface area (TPSA) is 100 Å². The number of aromatic nitrogens is 2. The van der Waals surface area contributed by atoms with Crippen LogP contribution in [0.4, 0.5) is 0 Å². The van der Waals surface area contributed by atoms with Gasteiger partial charge in [0.05, 0.1) is 5.69 Å². The van der Waals surface area contributed by atoms with E-state index in [-0.39, 0.29) is 25.1 Å². The minimum atomic E-state index is -4.19. The van der Waals surface area contributed by atoms with Crippen molar-refractivity contribution in [3.05, 3.63) is 24.3 Å². The Morgan fingerprint density at radius 3 is 2.67 bits per heavy atom. The minimum absolute atomic E-state index is 0.128. The van der Waals surface area contributed by atoms with Gasteiger partial charge in [-0.15, -0.1) is 0 Å². The third-order valence-electron chi connectivity index (χ3n) is 1.92.